The van der Waals surface area contributed by atoms with E-state index in [1.54, 1.807) is 0 Å². The maximum absolute atomic E-state index is 3.60. The van der Waals surface area contributed by atoms with E-state index in [0.717, 1.165) is 25.7 Å². The van der Waals surface area contributed by atoms with Crippen LogP contribution in [-0.2, 0) is 6.54 Å². The fourth-order valence-electron chi connectivity index (χ4n) is 2.24. The van der Waals surface area contributed by atoms with Crippen molar-refractivity contribution in [1.82, 2.24) is 10.2 Å². The smallest absolute Gasteiger partial charge is 0.0331 e. The number of nitrogens with zero attached hydrogens (tertiary/aromatic N) is 1. The molecule has 1 heterocycles. The van der Waals surface area contributed by atoms with E-state index >= 15 is 0 Å². The van der Waals surface area contributed by atoms with Crippen molar-refractivity contribution in [3.05, 3.63) is 22.4 Å². The van der Waals surface area contributed by atoms with E-state index in [4.69, 9.17) is 0 Å². The van der Waals surface area contributed by atoms with E-state index in [-0.39, 0.29) is 0 Å². The van der Waals surface area contributed by atoms with E-state index < -0.39 is 0 Å². The maximum atomic E-state index is 3.60. The van der Waals surface area contributed by atoms with Crippen LogP contribution in [-0.4, -0.2) is 30.6 Å². The molecule has 0 saturated heterocycles. The Balaban J connectivity index is 1.64. The minimum absolute atomic E-state index is 0.445. The lowest BCUT2D eigenvalue weighted by atomic mass is 9.92. The first-order valence-corrected chi connectivity index (χ1v) is 8.40. The van der Waals surface area contributed by atoms with Crippen LogP contribution in [0.1, 0.15) is 44.9 Å². The van der Waals surface area contributed by atoms with Crippen LogP contribution in [0.25, 0.3) is 0 Å². The summed E-state index contributed by atoms with van der Waals surface area (Å²) in [5.74, 6) is 0. The molecule has 2 rings (SSSR count). The van der Waals surface area contributed by atoms with Crippen molar-refractivity contribution >= 4 is 11.3 Å². The van der Waals surface area contributed by atoms with Gasteiger partial charge in [-0.15, -0.1) is 11.3 Å². The zero-order chi connectivity index (χ0) is 13.7. The quantitative estimate of drug-likeness (QED) is 0.730. The third kappa shape index (κ3) is 6.07. The fourth-order valence-corrected chi connectivity index (χ4v) is 2.97. The Morgan fingerprint density at radius 2 is 2.11 bits per heavy atom. The highest BCUT2D eigenvalue weighted by Gasteiger charge is 2.28. The molecule has 1 saturated carbocycles. The summed E-state index contributed by atoms with van der Waals surface area (Å²) in [7, 11) is 0. The molecule has 0 bridgehead atoms. The van der Waals surface area contributed by atoms with Gasteiger partial charge in [0, 0.05) is 30.6 Å². The van der Waals surface area contributed by atoms with E-state index in [1.165, 1.54) is 30.7 Å². The number of rotatable bonds is 8. The molecule has 1 aliphatic rings. The first-order valence-electron chi connectivity index (χ1n) is 7.52. The molecule has 0 aliphatic heterocycles. The van der Waals surface area contributed by atoms with Crippen LogP contribution in [0, 0.1) is 5.41 Å². The summed E-state index contributed by atoms with van der Waals surface area (Å²) in [4.78, 5) is 4.15. The summed E-state index contributed by atoms with van der Waals surface area (Å²) >= 11 is 1.88. The van der Waals surface area contributed by atoms with Crippen LogP contribution in [0.5, 0.6) is 0 Å². The summed E-state index contributed by atoms with van der Waals surface area (Å²) in [6, 6.07) is 5.27. The Morgan fingerprint density at radius 3 is 2.68 bits per heavy atom. The van der Waals surface area contributed by atoms with Crippen molar-refractivity contribution in [2.24, 2.45) is 5.41 Å². The highest BCUT2D eigenvalue weighted by Crippen LogP contribution is 2.28. The summed E-state index contributed by atoms with van der Waals surface area (Å²) < 4.78 is 0. The molecule has 2 nitrogen and oxygen atoms in total. The summed E-state index contributed by atoms with van der Waals surface area (Å²) in [6.07, 6.45) is 4.04. The predicted molar refractivity (Wildman–Crippen MR) is 84.7 cm³/mol. The molecule has 0 atom stereocenters. The average Bonchev–Trinajstić information content (AvgIpc) is 3.04. The molecule has 3 heteroatoms. The van der Waals surface area contributed by atoms with Crippen molar-refractivity contribution in [2.75, 3.05) is 19.6 Å². The van der Waals surface area contributed by atoms with Gasteiger partial charge in [0.15, 0.2) is 0 Å². The molecule has 1 aliphatic carbocycles. The highest BCUT2D eigenvalue weighted by molar-refractivity contribution is 7.09. The lowest BCUT2D eigenvalue weighted by Crippen LogP contribution is -2.34. The molecule has 1 fully saturated rings. The van der Waals surface area contributed by atoms with Gasteiger partial charge in [-0.2, -0.15) is 0 Å². The summed E-state index contributed by atoms with van der Waals surface area (Å²) in [5, 5.41) is 5.78. The van der Waals surface area contributed by atoms with E-state index in [9.17, 15) is 0 Å². The van der Waals surface area contributed by atoms with Gasteiger partial charge in [-0.25, -0.2) is 0 Å². The largest absolute Gasteiger partial charge is 0.315 e. The number of nitrogens with one attached hydrogen (secondary N) is 1. The minimum atomic E-state index is 0.445. The van der Waals surface area contributed by atoms with Gasteiger partial charge in [-0.1, -0.05) is 26.8 Å². The molecule has 0 radical (unpaired) electrons. The molecule has 1 aromatic heterocycles. The van der Waals surface area contributed by atoms with Gasteiger partial charge in [0.05, 0.1) is 0 Å². The highest BCUT2D eigenvalue weighted by atomic mass is 32.1. The van der Waals surface area contributed by atoms with Crippen LogP contribution in [0.4, 0.5) is 0 Å². The van der Waals surface area contributed by atoms with Gasteiger partial charge in [-0.3, -0.25) is 4.90 Å². The van der Waals surface area contributed by atoms with Gasteiger partial charge < -0.3 is 5.32 Å². The molecule has 0 aromatic carbocycles. The Hall–Kier alpha value is -0.380. The number of thiophene rings is 1. The van der Waals surface area contributed by atoms with Crippen LogP contribution in [0.2, 0.25) is 0 Å². The fraction of sp³-hybridized carbons (Fsp3) is 0.750. The molecule has 0 unspecified atom stereocenters. The molecular formula is C16H28N2S. The molecule has 19 heavy (non-hydrogen) atoms. The van der Waals surface area contributed by atoms with Gasteiger partial charge in [-0.05, 0) is 42.7 Å². The van der Waals surface area contributed by atoms with Crippen molar-refractivity contribution in [1.29, 1.82) is 0 Å². The number of hydrogen-bond donors (Lipinski definition) is 1. The summed E-state index contributed by atoms with van der Waals surface area (Å²) in [6.45, 7) is 11.5. The zero-order valence-corrected chi connectivity index (χ0v) is 13.4. The second-order valence-electron chi connectivity index (χ2n) is 6.84. The van der Waals surface area contributed by atoms with E-state index in [0.29, 0.717) is 5.41 Å². The predicted octanol–water partition coefficient (Wildman–Crippen LogP) is 3.74. The van der Waals surface area contributed by atoms with Gasteiger partial charge >= 0.3 is 0 Å². The lowest BCUT2D eigenvalue weighted by Gasteiger charge is -2.22. The van der Waals surface area contributed by atoms with Crippen molar-refractivity contribution < 1.29 is 0 Å². The van der Waals surface area contributed by atoms with Crippen molar-refractivity contribution in [3.63, 3.8) is 0 Å². The van der Waals surface area contributed by atoms with Crippen LogP contribution >= 0.6 is 11.3 Å². The topological polar surface area (TPSA) is 15.3 Å². The van der Waals surface area contributed by atoms with Crippen LogP contribution < -0.4 is 5.32 Å². The number of hydrogen-bond acceptors (Lipinski definition) is 3. The first-order chi connectivity index (χ1) is 9.04. The molecular weight excluding hydrogens is 252 g/mol. The third-order valence-corrected chi connectivity index (χ3v) is 4.49. The minimum Gasteiger partial charge on any atom is -0.315 e. The monoisotopic (exact) mass is 280 g/mol. The molecule has 0 spiro atoms. The summed E-state index contributed by atoms with van der Waals surface area (Å²) in [5.41, 5.74) is 0.445. The average molecular weight is 280 g/mol. The molecule has 1 N–H and O–H groups in total. The molecule has 108 valence electrons. The van der Waals surface area contributed by atoms with Crippen LogP contribution in [0.15, 0.2) is 17.5 Å². The van der Waals surface area contributed by atoms with Gasteiger partial charge in [0.2, 0.25) is 0 Å². The molecule has 1 aromatic rings. The van der Waals surface area contributed by atoms with E-state index in [2.05, 4.69) is 48.5 Å². The molecule has 0 amide bonds. The third-order valence-electron chi connectivity index (χ3n) is 3.63. The van der Waals surface area contributed by atoms with E-state index in [1.807, 2.05) is 11.3 Å². The second kappa shape index (κ2) is 6.87. The first kappa shape index (κ1) is 15.0. The Bertz CT molecular complexity index is 349. The van der Waals surface area contributed by atoms with Crippen molar-refractivity contribution in [2.45, 2.75) is 52.6 Å². The second-order valence-corrected chi connectivity index (χ2v) is 7.87. The Kier molecular flexibility index (Phi) is 5.43. The standard InChI is InChI=1S/C16H28N2S/c1-16(2,3)8-9-17-10-11-18(14-6-7-14)13-15-5-4-12-19-15/h4-5,12,14,17H,6-11,13H2,1-3H3. The lowest BCUT2D eigenvalue weighted by molar-refractivity contribution is 0.254. The van der Waals surface area contributed by atoms with Gasteiger partial charge in [0.1, 0.15) is 0 Å². The SMILES string of the molecule is CC(C)(C)CCNCCN(Cc1cccs1)C1CC1. The Labute approximate surface area is 122 Å². The maximum Gasteiger partial charge on any atom is 0.0331 e. The van der Waals surface area contributed by atoms with Crippen LogP contribution in [0.3, 0.4) is 0 Å². The normalized spacial score (nSPS) is 16.2. The van der Waals surface area contributed by atoms with Gasteiger partial charge in [0.25, 0.3) is 0 Å². The zero-order valence-electron chi connectivity index (χ0n) is 12.6. The van der Waals surface area contributed by atoms with Crippen molar-refractivity contribution in [3.8, 4) is 0 Å². The Morgan fingerprint density at radius 1 is 1.32 bits per heavy atom.